The van der Waals surface area contributed by atoms with Crippen molar-refractivity contribution in [2.24, 2.45) is 0 Å². The van der Waals surface area contributed by atoms with Crippen LogP contribution >= 0.6 is 0 Å². The van der Waals surface area contributed by atoms with Gasteiger partial charge in [-0.25, -0.2) is 0 Å². The van der Waals surface area contributed by atoms with E-state index in [-0.39, 0.29) is 22.3 Å². The Balaban J connectivity index is 1.19. The van der Waals surface area contributed by atoms with Crippen molar-refractivity contribution in [1.82, 2.24) is 0 Å². The predicted octanol–water partition coefficient (Wildman–Crippen LogP) is 17.2. The first-order valence-corrected chi connectivity index (χ1v) is 21.0. The Bertz CT molecular complexity index is 5000. The zero-order valence-electron chi connectivity index (χ0n) is 52.9. The van der Waals surface area contributed by atoms with E-state index in [1.807, 2.05) is 91.0 Å². The smallest absolute Gasteiger partial charge is 0.0622 e. The Kier molecular flexibility index (Phi) is 4.51. The second kappa shape index (κ2) is 13.2. The van der Waals surface area contributed by atoms with Gasteiger partial charge in [0.25, 0.3) is 0 Å². The first-order valence-electron chi connectivity index (χ1n) is 30.5. The lowest BCUT2D eigenvalue weighted by Gasteiger charge is -2.35. The summed E-state index contributed by atoms with van der Waals surface area (Å²) < 4.78 is 185. The lowest BCUT2D eigenvalue weighted by atomic mass is 9.66. The minimum atomic E-state index is -2.91. The number of rotatable bonds is 5. The predicted molar refractivity (Wildman–Crippen MR) is 272 cm³/mol. The van der Waals surface area contributed by atoms with Crippen LogP contribution in [0.1, 0.15) is 53.9 Å². The molecule has 13 aromatic carbocycles. The number of benzene rings is 13. The van der Waals surface area contributed by atoms with Crippen LogP contribution in [0.4, 0.5) is 0 Å². The third-order valence-electron chi connectivity index (χ3n) is 13.2. The van der Waals surface area contributed by atoms with Crippen LogP contribution in [0.2, 0.25) is 0 Å². The Hall–Kier alpha value is -8.06. The lowest BCUT2D eigenvalue weighted by molar-refractivity contribution is 0.761. The van der Waals surface area contributed by atoms with Gasteiger partial charge in [0, 0.05) is 0 Å². The number of hydrogen-bond donors (Lipinski definition) is 0. The van der Waals surface area contributed by atoms with Crippen molar-refractivity contribution in [3.8, 4) is 44.5 Å². The monoisotopic (exact) mass is 827 g/mol. The van der Waals surface area contributed by atoms with Gasteiger partial charge in [0.2, 0.25) is 0 Å². The highest BCUT2D eigenvalue weighted by Crippen LogP contribution is 2.58. The van der Waals surface area contributed by atoms with Gasteiger partial charge < -0.3 is 0 Å². The molecule has 0 aliphatic heterocycles. The fourth-order valence-electron chi connectivity index (χ4n) is 10.5. The molecule has 13 aromatic rings. The maximum absolute atomic E-state index is 10.7. The van der Waals surface area contributed by atoms with E-state index in [0.717, 1.165) is 53.9 Å². The molecule has 0 fully saturated rings. The van der Waals surface area contributed by atoms with E-state index in [1.165, 1.54) is 6.92 Å². The Morgan fingerprint density at radius 1 is 0.328 bits per heavy atom. The summed E-state index contributed by atoms with van der Waals surface area (Å²) in [6, 6.07) is 19.2. The van der Waals surface area contributed by atoms with Crippen LogP contribution in [0.5, 0.6) is 0 Å². The maximum Gasteiger partial charge on any atom is 0.0716 e. The molecule has 0 spiro atoms. The molecule has 0 bridgehead atoms. The van der Waals surface area contributed by atoms with Gasteiger partial charge in [-0.2, -0.15) is 0 Å². The number of hydrogen-bond acceptors (Lipinski definition) is 0. The highest BCUT2D eigenvalue weighted by molar-refractivity contribution is 6.26. The molecule has 1 unspecified atom stereocenters. The topological polar surface area (TPSA) is 0 Å². The lowest BCUT2D eigenvalue weighted by Crippen LogP contribution is -2.29. The summed E-state index contributed by atoms with van der Waals surface area (Å²) in [6.45, 7) is 1.31. The zero-order valence-corrected chi connectivity index (χ0v) is 33.9. The third-order valence-corrected chi connectivity index (χ3v) is 13.2. The largest absolute Gasteiger partial charge is 0.0716 e. The maximum atomic E-state index is 10.7. The fourth-order valence-corrected chi connectivity index (χ4v) is 10.5. The van der Waals surface area contributed by atoms with Crippen LogP contribution in [-0.2, 0) is 5.41 Å². The van der Waals surface area contributed by atoms with Crippen LogP contribution in [-0.4, -0.2) is 0 Å². The second-order valence-electron chi connectivity index (χ2n) is 16.4. The van der Waals surface area contributed by atoms with E-state index in [9.17, 15) is 23.3 Å². The second-order valence-corrected chi connectivity index (χ2v) is 16.4. The summed E-state index contributed by atoms with van der Waals surface area (Å²) in [6.07, 6.45) is 0. The minimum Gasteiger partial charge on any atom is -0.0622 e. The van der Waals surface area contributed by atoms with Gasteiger partial charge in [0.1, 0.15) is 0 Å². The molecule has 0 aromatic heterocycles. The average molecular weight is 828 g/mol. The molecule has 296 valence electrons. The standard InChI is InChI=1S/C64H40/c1-39-10-5-6-19-57(39)64(50-17-3-2-4-18-50)58-37-47(46-15-9-16-48(36-46)51-30-24-44-22-20-40-11-7-13-42-26-34-55(51)62(44)60(40)42)28-32-53(58)54-33-29-49(38-59(54)64)52-31-25-45-23-21-41-12-8-14-43-27-35-56(52)63(45)61(41)43/h2-38H,1H3/i2D,3D,4D,5D,6D,9D,10D,15D,16D,17D,18D,19D,28D,29D,32D,33D,36D,37D,38D. The van der Waals surface area contributed by atoms with Gasteiger partial charge in [-0.3, -0.25) is 0 Å². The highest BCUT2D eigenvalue weighted by Gasteiger charge is 2.47. The quantitative estimate of drug-likeness (QED) is 0.152. The first-order chi connectivity index (χ1) is 39.6. The van der Waals surface area contributed by atoms with Gasteiger partial charge in [0.15, 0.2) is 0 Å². The fraction of sp³-hybridized carbons (Fsp3) is 0.0312. The van der Waals surface area contributed by atoms with Gasteiger partial charge >= 0.3 is 0 Å². The van der Waals surface area contributed by atoms with Crippen molar-refractivity contribution in [1.29, 1.82) is 0 Å². The minimum absolute atomic E-state index is 0.156. The molecule has 1 aliphatic carbocycles. The summed E-state index contributed by atoms with van der Waals surface area (Å²) in [7, 11) is 0. The molecule has 0 nitrogen and oxygen atoms in total. The third kappa shape index (κ3) is 4.83. The van der Waals surface area contributed by atoms with Crippen LogP contribution in [0, 0.1) is 6.92 Å². The van der Waals surface area contributed by atoms with Gasteiger partial charge in [-0.05, 0) is 162 Å². The highest BCUT2D eigenvalue weighted by atomic mass is 14.5. The van der Waals surface area contributed by atoms with Gasteiger partial charge in [0.05, 0.1) is 31.5 Å². The van der Waals surface area contributed by atoms with Gasteiger partial charge in [-0.15, -0.1) is 0 Å². The normalized spacial score (nSPS) is 18.9. The molecule has 1 aliphatic rings. The molecule has 0 heteroatoms. The zero-order chi connectivity index (χ0) is 58.6. The Labute approximate surface area is 398 Å². The molecule has 0 saturated heterocycles. The molecular formula is C64H40. The van der Waals surface area contributed by atoms with E-state index >= 15 is 0 Å². The van der Waals surface area contributed by atoms with Crippen LogP contribution in [0.3, 0.4) is 0 Å². The van der Waals surface area contributed by atoms with Crippen LogP contribution < -0.4 is 0 Å². The summed E-state index contributed by atoms with van der Waals surface area (Å²) in [5.74, 6) is 0. The molecule has 14 rings (SSSR count). The number of fused-ring (bicyclic) bond motifs is 3. The summed E-state index contributed by atoms with van der Waals surface area (Å²) >= 11 is 0. The first kappa shape index (κ1) is 21.8. The molecule has 0 amide bonds. The van der Waals surface area contributed by atoms with Crippen LogP contribution in [0.15, 0.2) is 224 Å². The van der Waals surface area contributed by atoms with Crippen molar-refractivity contribution in [2.45, 2.75) is 12.3 Å². The van der Waals surface area contributed by atoms with Gasteiger partial charge in [-0.1, -0.05) is 206 Å². The van der Waals surface area contributed by atoms with E-state index in [0.29, 0.717) is 16.3 Å². The van der Waals surface area contributed by atoms with E-state index in [2.05, 4.69) is 0 Å². The van der Waals surface area contributed by atoms with Crippen LogP contribution in [0.25, 0.3) is 109 Å². The Morgan fingerprint density at radius 3 is 1.39 bits per heavy atom. The van der Waals surface area contributed by atoms with E-state index < -0.39 is 165 Å². The molecule has 0 N–H and O–H groups in total. The molecule has 0 heterocycles. The van der Waals surface area contributed by atoms with E-state index in [1.54, 1.807) is 18.2 Å². The van der Waals surface area contributed by atoms with Crippen molar-refractivity contribution in [3.63, 3.8) is 0 Å². The van der Waals surface area contributed by atoms with Crippen molar-refractivity contribution >= 4 is 64.6 Å². The molecule has 0 radical (unpaired) electrons. The summed E-state index contributed by atoms with van der Waals surface area (Å²) in [5, 5.41) is 9.75. The average Bonchev–Trinajstić information content (AvgIpc) is 1.55. The molecule has 0 saturated carbocycles. The SMILES string of the molecule is [2H]c1c([2H])c([2H])c(C2(c3c([2H])c([2H])c([2H])c([2H])c3C)c3c([2H])c(-c4c([2H])c([2H])c([2H])c(-c5ccc6ccc7cccc8ccc5c6c78)c4[2H])c([2H])c([2H])c3-c3c([2H])c([2H])c(-c4ccc5ccc6cccc7ccc4c5c67)c([2H])c32)c([2H])c1[2H]. The summed E-state index contributed by atoms with van der Waals surface area (Å²) in [4.78, 5) is 0. The molecular weight excluding hydrogens is 769 g/mol. The van der Waals surface area contributed by atoms with E-state index in [4.69, 9.17) is 2.74 Å². The van der Waals surface area contributed by atoms with Crippen molar-refractivity contribution < 1.29 is 26.0 Å². The molecule has 1 atom stereocenters. The molecule has 64 heavy (non-hydrogen) atoms. The summed E-state index contributed by atoms with van der Waals surface area (Å²) in [5.41, 5.74) is -7.50. The Morgan fingerprint density at radius 2 is 0.781 bits per heavy atom. The van der Waals surface area contributed by atoms with Crippen molar-refractivity contribution in [2.75, 3.05) is 0 Å². The van der Waals surface area contributed by atoms with Crippen molar-refractivity contribution in [3.05, 3.63) is 252 Å².